The standard InChI is InChI=1S/C26H37F3O4/c1-19(2)33-25(31)14-6-4-3-5-10-21-11-8-13-24(21)32-18-23(30)16-15-20-9-7-12-22(17-20)26(27,28)29/h3,5,7,9,12,17,19,21,23-24,30H,4,6,8,10-11,13-16,18H2,1-2H3/b5-3-/t21?,23-,24?/m1/s1. The van der Waals surface area contributed by atoms with Crippen molar-refractivity contribution in [2.75, 3.05) is 6.61 Å². The van der Waals surface area contributed by atoms with Gasteiger partial charge < -0.3 is 14.6 Å². The van der Waals surface area contributed by atoms with Gasteiger partial charge in [-0.1, -0.05) is 36.8 Å². The summed E-state index contributed by atoms with van der Waals surface area (Å²) < 4.78 is 49.6. The summed E-state index contributed by atoms with van der Waals surface area (Å²) in [5.74, 6) is 0.247. The molecule has 1 aromatic carbocycles. The molecule has 33 heavy (non-hydrogen) atoms. The third-order valence-electron chi connectivity index (χ3n) is 5.84. The Balaban J connectivity index is 1.65. The molecule has 0 saturated heterocycles. The minimum atomic E-state index is -4.36. The van der Waals surface area contributed by atoms with E-state index in [0.717, 1.165) is 50.7 Å². The van der Waals surface area contributed by atoms with Gasteiger partial charge in [0, 0.05) is 6.42 Å². The maximum Gasteiger partial charge on any atom is 0.416 e. The molecule has 2 rings (SSSR count). The molecule has 7 heteroatoms. The lowest BCUT2D eigenvalue weighted by molar-refractivity contribution is -0.147. The van der Waals surface area contributed by atoms with Crippen molar-refractivity contribution in [2.24, 2.45) is 5.92 Å². The molecule has 1 aliphatic rings. The van der Waals surface area contributed by atoms with Gasteiger partial charge in [-0.05, 0) is 76.3 Å². The van der Waals surface area contributed by atoms with Gasteiger partial charge in [0.05, 0.1) is 30.5 Å². The molecule has 1 aliphatic carbocycles. The quantitative estimate of drug-likeness (QED) is 0.210. The number of aliphatic hydroxyl groups is 1. The molecule has 4 nitrogen and oxygen atoms in total. The molecule has 0 amide bonds. The number of ether oxygens (including phenoxy) is 2. The first-order chi connectivity index (χ1) is 15.6. The molecular weight excluding hydrogens is 433 g/mol. The van der Waals surface area contributed by atoms with Gasteiger partial charge in [-0.15, -0.1) is 0 Å². The molecule has 2 unspecified atom stereocenters. The first-order valence-corrected chi connectivity index (χ1v) is 12.0. The second kappa shape index (κ2) is 13.8. The topological polar surface area (TPSA) is 55.8 Å². The van der Waals surface area contributed by atoms with E-state index in [2.05, 4.69) is 12.2 Å². The number of allylic oxidation sites excluding steroid dienone is 2. The molecular formula is C26H37F3O4. The van der Waals surface area contributed by atoms with E-state index in [9.17, 15) is 23.1 Å². The Bertz CT molecular complexity index is 745. The lowest BCUT2D eigenvalue weighted by atomic mass is 10.0. The van der Waals surface area contributed by atoms with Gasteiger partial charge in [0.15, 0.2) is 0 Å². The fraction of sp³-hybridized carbons (Fsp3) is 0.654. The summed E-state index contributed by atoms with van der Waals surface area (Å²) in [6.07, 6.45) is 5.98. The molecule has 0 bridgehead atoms. The lowest BCUT2D eigenvalue weighted by Gasteiger charge is -2.21. The van der Waals surface area contributed by atoms with E-state index in [0.29, 0.717) is 30.7 Å². The lowest BCUT2D eigenvalue weighted by Crippen LogP contribution is -2.24. The number of carbonyl (C=O) groups is 1. The predicted octanol–water partition coefficient (Wildman–Crippen LogP) is 6.25. The summed E-state index contributed by atoms with van der Waals surface area (Å²) >= 11 is 0. The van der Waals surface area contributed by atoms with Gasteiger partial charge in [0.1, 0.15) is 0 Å². The van der Waals surface area contributed by atoms with Crippen molar-refractivity contribution in [1.29, 1.82) is 0 Å². The minimum absolute atomic E-state index is 0.0774. The van der Waals surface area contributed by atoms with Crippen LogP contribution in [0.1, 0.15) is 76.3 Å². The maximum atomic E-state index is 12.8. The monoisotopic (exact) mass is 470 g/mol. The number of esters is 1. The normalized spacial score (nSPS) is 20.0. The van der Waals surface area contributed by atoms with Gasteiger partial charge in [-0.25, -0.2) is 0 Å². The Morgan fingerprint density at radius 2 is 2.03 bits per heavy atom. The summed E-state index contributed by atoms with van der Waals surface area (Å²) in [6.45, 7) is 3.88. The van der Waals surface area contributed by atoms with Crippen LogP contribution in [0.25, 0.3) is 0 Å². The third kappa shape index (κ3) is 10.7. The van der Waals surface area contributed by atoms with Crippen molar-refractivity contribution in [3.63, 3.8) is 0 Å². The van der Waals surface area contributed by atoms with E-state index in [-0.39, 0.29) is 24.8 Å². The zero-order valence-electron chi connectivity index (χ0n) is 19.7. The molecule has 1 saturated carbocycles. The Hall–Kier alpha value is -1.86. The van der Waals surface area contributed by atoms with Gasteiger partial charge in [0.2, 0.25) is 0 Å². The summed E-state index contributed by atoms with van der Waals surface area (Å²) in [6, 6.07) is 5.24. The first-order valence-electron chi connectivity index (χ1n) is 12.0. The largest absolute Gasteiger partial charge is 0.463 e. The summed E-state index contributed by atoms with van der Waals surface area (Å²) in [5, 5.41) is 10.3. The average Bonchev–Trinajstić information content (AvgIpc) is 3.19. The number of hydrogen-bond acceptors (Lipinski definition) is 4. The van der Waals surface area contributed by atoms with Crippen molar-refractivity contribution in [3.05, 3.63) is 47.5 Å². The molecule has 1 fully saturated rings. The zero-order chi connectivity index (χ0) is 24.3. The third-order valence-corrected chi connectivity index (χ3v) is 5.84. The zero-order valence-corrected chi connectivity index (χ0v) is 19.7. The highest BCUT2D eigenvalue weighted by molar-refractivity contribution is 5.69. The predicted molar refractivity (Wildman–Crippen MR) is 122 cm³/mol. The fourth-order valence-electron chi connectivity index (χ4n) is 4.12. The number of rotatable bonds is 13. The summed E-state index contributed by atoms with van der Waals surface area (Å²) in [7, 11) is 0. The molecule has 1 N–H and O–H groups in total. The van der Waals surface area contributed by atoms with Crippen molar-refractivity contribution in [2.45, 2.75) is 96.1 Å². The van der Waals surface area contributed by atoms with Crippen LogP contribution in [0, 0.1) is 5.92 Å². The highest BCUT2D eigenvalue weighted by Crippen LogP contribution is 2.32. The van der Waals surface area contributed by atoms with E-state index in [1.165, 1.54) is 6.07 Å². The number of halogens is 3. The van der Waals surface area contributed by atoms with E-state index >= 15 is 0 Å². The van der Waals surface area contributed by atoms with Crippen LogP contribution in [-0.4, -0.2) is 36.0 Å². The number of aliphatic hydroxyl groups excluding tert-OH is 1. The second-order valence-corrected chi connectivity index (χ2v) is 9.09. The fourth-order valence-corrected chi connectivity index (χ4v) is 4.12. The highest BCUT2D eigenvalue weighted by Gasteiger charge is 2.30. The Labute approximate surface area is 195 Å². The highest BCUT2D eigenvalue weighted by atomic mass is 19.4. The van der Waals surface area contributed by atoms with Crippen LogP contribution < -0.4 is 0 Å². The van der Waals surface area contributed by atoms with E-state index in [1.807, 2.05) is 13.8 Å². The van der Waals surface area contributed by atoms with Crippen LogP contribution in [-0.2, 0) is 26.9 Å². The van der Waals surface area contributed by atoms with E-state index in [1.54, 1.807) is 6.07 Å². The summed E-state index contributed by atoms with van der Waals surface area (Å²) in [4.78, 5) is 11.5. The van der Waals surface area contributed by atoms with Crippen molar-refractivity contribution >= 4 is 5.97 Å². The van der Waals surface area contributed by atoms with Crippen LogP contribution in [0.15, 0.2) is 36.4 Å². The van der Waals surface area contributed by atoms with Crippen LogP contribution >= 0.6 is 0 Å². The van der Waals surface area contributed by atoms with Crippen LogP contribution in [0.5, 0.6) is 0 Å². The van der Waals surface area contributed by atoms with E-state index < -0.39 is 17.8 Å². The molecule has 0 aliphatic heterocycles. The maximum absolute atomic E-state index is 12.8. The minimum Gasteiger partial charge on any atom is -0.463 e. The SMILES string of the molecule is CC(C)OC(=O)CCC/C=C\CC1CCCC1OC[C@H](O)CCc1cccc(C(F)(F)F)c1. The van der Waals surface area contributed by atoms with E-state index in [4.69, 9.17) is 9.47 Å². The molecule has 0 aromatic heterocycles. The Kier molecular flexibility index (Phi) is 11.4. The molecule has 0 spiro atoms. The number of carbonyl (C=O) groups excluding carboxylic acids is 1. The van der Waals surface area contributed by atoms with Gasteiger partial charge >= 0.3 is 12.1 Å². The van der Waals surface area contributed by atoms with Crippen molar-refractivity contribution in [3.8, 4) is 0 Å². The molecule has 0 radical (unpaired) electrons. The van der Waals surface area contributed by atoms with Gasteiger partial charge in [0.25, 0.3) is 0 Å². The Morgan fingerprint density at radius 3 is 2.76 bits per heavy atom. The number of alkyl halides is 3. The Morgan fingerprint density at radius 1 is 1.24 bits per heavy atom. The number of unbranched alkanes of at least 4 members (excludes halogenated alkanes) is 1. The molecule has 3 atom stereocenters. The molecule has 1 aromatic rings. The number of benzene rings is 1. The van der Waals surface area contributed by atoms with Crippen LogP contribution in [0.3, 0.4) is 0 Å². The molecule has 186 valence electrons. The summed E-state index contributed by atoms with van der Waals surface area (Å²) in [5.41, 5.74) is -0.103. The second-order valence-electron chi connectivity index (χ2n) is 9.09. The number of aryl methyl sites for hydroxylation is 1. The first kappa shape index (κ1) is 27.4. The van der Waals surface area contributed by atoms with Crippen molar-refractivity contribution < 1.29 is 32.5 Å². The van der Waals surface area contributed by atoms with Gasteiger partial charge in [-0.3, -0.25) is 4.79 Å². The van der Waals surface area contributed by atoms with Crippen LogP contribution in [0.2, 0.25) is 0 Å². The van der Waals surface area contributed by atoms with Crippen LogP contribution in [0.4, 0.5) is 13.2 Å². The molecule has 0 heterocycles. The van der Waals surface area contributed by atoms with Gasteiger partial charge in [-0.2, -0.15) is 13.2 Å². The average molecular weight is 471 g/mol. The number of hydrogen-bond donors (Lipinski definition) is 1. The van der Waals surface area contributed by atoms with Crippen molar-refractivity contribution in [1.82, 2.24) is 0 Å². The smallest absolute Gasteiger partial charge is 0.416 e.